The van der Waals surface area contributed by atoms with Gasteiger partial charge in [-0.15, -0.1) is 0 Å². The number of benzene rings is 3. The monoisotopic (exact) mass is 365 g/mol. The van der Waals surface area contributed by atoms with Crippen LogP contribution in [0.3, 0.4) is 0 Å². The van der Waals surface area contributed by atoms with E-state index in [9.17, 15) is 14.3 Å². The fourth-order valence-electron chi connectivity index (χ4n) is 2.75. The van der Waals surface area contributed by atoms with Gasteiger partial charge in [-0.05, 0) is 60.0 Å². The lowest BCUT2D eigenvalue weighted by atomic mass is 10.1. The van der Waals surface area contributed by atoms with Crippen molar-refractivity contribution in [3.05, 3.63) is 94.8 Å². The van der Waals surface area contributed by atoms with Crippen LogP contribution in [0, 0.1) is 12.7 Å². The van der Waals surface area contributed by atoms with Crippen molar-refractivity contribution in [2.75, 3.05) is 5.32 Å². The van der Waals surface area contributed by atoms with Crippen molar-refractivity contribution >= 4 is 11.7 Å². The number of carbonyl (C=O) groups is 1. The van der Waals surface area contributed by atoms with Gasteiger partial charge in [0.2, 0.25) is 0 Å². The first-order valence-electron chi connectivity index (χ1n) is 8.56. The molecule has 3 aromatic rings. The molecule has 0 unspecified atom stereocenters. The normalized spacial score (nSPS) is 10.4. The van der Waals surface area contributed by atoms with E-state index >= 15 is 0 Å². The summed E-state index contributed by atoms with van der Waals surface area (Å²) in [5, 5.41) is 12.5. The Morgan fingerprint density at radius 3 is 2.52 bits per heavy atom. The summed E-state index contributed by atoms with van der Waals surface area (Å²) < 4.78 is 18.7. The molecule has 0 aliphatic heterocycles. The number of carboxylic acids is 1. The number of nitrogens with one attached hydrogen (secondary N) is 1. The summed E-state index contributed by atoms with van der Waals surface area (Å²) in [6, 6.07) is 19.0. The van der Waals surface area contributed by atoms with Gasteiger partial charge in [0, 0.05) is 12.2 Å². The highest BCUT2D eigenvalue weighted by Gasteiger charge is 2.09. The van der Waals surface area contributed by atoms with Crippen LogP contribution in [0.2, 0.25) is 0 Å². The number of hydrogen-bond donors (Lipinski definition) is 2. The van der Waals surface area contributed by atoms with E-state index in [2.05, 4.69) is 5.32 Å². The maximum absolute atomic E-state index is 12.9. The molecular formula is C22H20FNO3. The number of hydrogen-bond acceptors (Lipinski definition) is 3. The molecule has 4 nitrogen and oxygen atoms in total. The molecule has 27 heavy (non-hydrogen) atoms. The molecule has 3 aromatic carbocycles. The van der Waals surface area contributed by atoms with Gasteiger partial charge in [0.1, 0.15) is 18.2 Å². The SMILES string of the molecule is Cc1c(NCc2cccc(OCc3ccc(F)cc3)c2)cccc1C(=O)O. The first-order chi connectivity index (χ1) is 13.0. The Kier molecular flexibility index (Phi) is 5.71. The molecule has 0 fully saturated rings. The lowest BCUT2D eigenvalue weighted by Gasteiger charge is -2.12. The second-order valence-corrected chi connectivity index (χ2v) is 6.20. The van der Waals surface area contributed by atoms with Gasteiger partial charge in [-0.3, -0.25) is 0 Å². The molecule has 2 N–H and O–H groups in total. The molecular weight excluding hydrogens is 345 g/mol. The van der Waals surface area contributed by atoms with E-state index in [0.717, 1.165) is 22.6 Å². The molecule has 0 spiro atoms. The summed E-state index contributed by atoms with van der Waals surface area (Å²) >= 11 is 0. The van der Waals surface area contributed by atoms with Crippen LogP contribution in [0.4, 0.5) is 10.1 Å². The minimum Gasteiger partial charge on any atom is -0.489 e. The number of aromatic carboxylic acids is 1. The fourth-order valence-corrected chi connectivity index (χ4v) is 2.75. The highest BCUT2D eigenvalue weighted by atomic mass is 19.1. The van der Waals surface area contributed by atoms with Gasteiger partial charge in [0.25, 0.3) is 0 Å². The number of halogens is 1. The first-order valence-corrected chi connectivity index (χ1v) is 8.56. The van der Waals surface area contributed by atoms with E-state index in [1.54, 1.807) is 31.2 Å². The average Bonchev–Trinajstić information content (AvgIpc) is 2.67. The molecule has 0 amide bonds. The largest absolute Gasteiger partial charge is 0.489 e. The zero-order valence-electron chi connectivity index (χ0n) is 14.9. The maximum atomic E-state index is 12.9. The smallest absolute Gasteiger partial charge is 0.336 e. The van der Waals surface area contributed by atoms with Gasteiger partial charge in [-0.25, -0.2) is 9.18 Å². The van der Waals surface area contributed by atoms with Gasteiger partial charge < -0.3 is 15.2 Å². The van der Waals surface area contributed by atoms with Gasteiger partial charge >= 0.3 is 5.97 Å². The molecule has 0 aliphatic rings. The van der Waals surface area contributed by atoms with E-state index < -0.39 is 5.97 Å². The van der Waals surface area contributed by atoms with Crippen molar-refractivity contribution < 1.29 is 19.0 Å². The standard InChI is InChI=1S/C22H20FNO3/c1-15-20(22(25)26)6-3-7-21(15)24-13-17-4-2-5-19(12-17)27-14-16-8-10-18(23)11-9-16/h2-12,24H,13-14H2,1H3,(H,25,26). The highest BCUT2D eigenvalue weighted by Crippen LogP contribution is 2.21. The first kappa shape index (κ1) is 18.5. The van der Waals surface area contributed by atoms with Crippen molar-refractivity contribution in [3.8, 4) is 5.75 Å². The van der Waals surface area contributed by atoms with Crippen LogP contribution in [0.25, 0.3) is 0 Å². The van der Waals surface area contributed by atoms with Crippen LogP contribution >= 0.6 is 0 Å². The Balaban J connectivity index is 1.63. The Bertz CT molecular complexity index is 939. The molecule has 0 heterocycles. The van der Waals surface area contributed by atoms with Crippen molar-refractivity contribution in [2.24, 2.45) is 0 Å². The van der Waals surface area contributed by atoms with E-state index in [4.69, 9.17) is 4.74 Å². The van der Waals surface area contributed by atoms with Crippen molar-refractivity contribution in [1.29, 1.82) is 0 Å². The fraction of sp³-hybridized carbons (Fsp3) is 0.136. The summed E-state index contributed by atoms with van der Waals surface area (Å²) in [7, 11) is 0. The third-order valence-electron chi connectivity index (χ3n) is 4.26. The van der Waals surface area contributed by atoms with Crippen molar-refractivity contribution in [2.45, 2.75) is 20.1 Å². The van der Waals surface area contributed by atoms with Crippen LogP contribution in [0.5, 0.6) is 5.75 Å². The van der Waals surface area contributed by atoms with Crippen LogP contribution in [0.1, 0.15) is 27.0 Å². The molecule has 0 aliphatic carbocycles. The molecule has 3 rings (SSSR count). The lowest BCUT2D eigenvalue weighted by Crippen LogP contribution is -2.06. The topological polar surface area (TPSA) is 58.6 Å². The predicted molar refractivity (Wildman–Crippen MR) is 103 cm³/mol. The molecule has 138 valence electrons. The third-order valence-corrected chi connectivity index (χ3v) is 4.26. The Morgan fingerprint density at radius 1 is 1.04 bits per heavy atom. The number of carboxylic acid groups (broad SMARTS) is 1. The quantitative estimate of drug-likeness (QED) is 0.617. The molecule has 0 saturated carbocycles. The number of anilines is 1. The van der Waals surface area contributed by atoms with E-state index in [-0.39, 0.29) is 11.4 Å². The average molecular weight is 365 g/mol. The Hall–Kier alpha value is -3.34. The summed E-state index contributed by atoms with van der Waals surface area (Å²) in [4.78, 5) is 11.2. The number of ether oxygens (including phenoxy) is 1. The summed E-state index contributed by atoms with van der Waals surface area (Å²) in [6.45, 7) is 2.68. The Labute approximate surface area is 157 Å². The predicted octanol–water partition coefficient (Wildman–Crippen LogP) is 5.02. The summed E-state index contributed by atoms with van der Waals surface area (Å²) in [6.07, 6.45) is 0. The van der Waals surface area contributed by atoms with Crippen LogP contribution in [0.15, 0.2) is 66.7 Å². The summed E-state index contributed by atoms with van der Waals surface area (Å²) in [5.41, 5.74) is 3.67. The van der Waals surface area contributed by atoms with Gasteiger partial charge in [-0.2, -0.15) is 0 Å². The minimum atomic E-state index is -0.938. The molecule has 0 bridgehead atoms. The van der Waals surface area contributed by atoms with Crippen molar-refractivity contribution in [3.63, 3.8) is 0 Å². The van der Waals surface area contributed by atoms with Gasteiger partial charge in [0.05, 0.1) is 5.56 Å². The van der Waals surface area contributed by atoms with Crippen LogP contribution in [-0.2, 0) is 13.2 Å². The molecule has 0 atom stereocenters. The second-order valence-electron chi connectivity index (χ2n) is 6.20. The van der Waals surface area contributed by atoms with E-state index in [1.807, 2.05) is 30.3 Å². The Morgan fingerprint density at radius 2 is 1.78 bits per heavy atom. The van der Waals surface area contributed by atoms with Crippen LogP contribution in [-0.4, -0.2) is 11.1 Å². The zero-order valence-corrected chi connectivity index (χ0v) is 14.9. The van der Waals surface area contributed by atoms with Gasteiger partial charge in [-0.1, -0.05) is 30.3 Å². The summed E-state index contributed by atoms with van der Waals surface area (Å²) in [5.74, 6) is -0.490. The number of rotatable bonds is 7. The third kappa shape index (κ3) is 4.85. The lowest BCUT2D eigenvalue weighted by molar-refractivity contribution is 0.0696. The second kappa shape index (κ2) is 8.36. The molecule has 0 saturated heterocycles. The molecule has 0 radical (unpaired) electrons. The van der Waals surface area contributed by atoms with Crippen molar-refractivity contribution in [1.82, 2.24) is 0 Å². The molecule has 0 aromatic heterocycles. The maximum Gasteiger partial charge on any atom is 0.336 e. The van der Waals surface area contributed by atoms with Gasteiger partial charge in [0.15, 0.2) is 0 Å². The van der Waals surface area contributed by atoms with Crippen LogP contribution < -0.4 is 10.1 Å². The minimum absolute atomic E-state index is 0.269. The molecule has 5 heteroatoms. The highest BCUT2D eigenvalue weighted by molar-refractivity contribution is 5.91. The zero-order chi connectivity index (χ0) is 19.2. The van der Waals surface area contributed by atoms with E-state index in [0.29, 0.717) is 18.7 Å². The van der Waals surface area contributed by atoms with E-state index in [1.165, 1.54) is 12.1 Å².